The van der Waals surface area contributed by atoms with E-state index in [1.165, 1.54) is 24.3 Å². The number of hydrogen-bond acceptors (Lipinski definition) is 7. The predicted octanol–water partition coefficient (Wildman–Crippen LogP) is 3.63. The Morgan fingerprint density at radius 3 is 2.73 bits per heavy atom. The molecule has 33 heavy (non-hydrogen) atoms. The monoisotopic (exact) mass is 453 g/mol. The summed E-state index contributed by atoms with van der Waals surface area (Å²) in [5.41, 5.74) is 0.761. The van der Waals surface area contributed by atoms with Crippen LogP contribution in [-0.2, 0) is 4.79 Å². The second-order valence-corrected chi connectivity index (χ2v) is 9.09. The lowest BCUT2D eigenvalue weighted by Gasteiger charge is -2.52. The van der Waals surface area contributed by atoms with Crippen LogP contribution in [0.2, 0.25) is 0 Å². The van der Waals surface area contributed by atoms with Crippen LogP contribution < -0.4 is 14.8 Å². The summed E-state index contributed by atoms with van der Waals surface area (Å²) in [6.45, 7) is 0.945. The minimum absolute atomic E-state index is 0.0209. The molecule has 2 fully saturated rings. The summed E-state index contributed by atoms with van der Waals surface area (Å²) in [4.78, 5) is 25.4. The van der Waals surface area contributed by atoms with Gasteiger partial charge in [0.15, 0.2) is 11.5 Å². The summed E-state index contributed by atoms with van der Waals surface area (Å²) in [7, 11) is 0. The lowest BCUT2D eigenvalue weighted by Crippen LogP contribution is -2.56. The highest BCUT2D eigenvalue weighted by Gasteiger charge is 2.49. The van der Waals surface area contributed by atoms with E-state index >= 15 is 0 Å². The number of benzene rings is 2. The van der Waals surface area contributed by atoms with Crippen LogP contribution in [0.4, 0.5) is 11.4 Å². The second kappa shape index (κ2) is 8.64. The minimum atomic E-state index is -0.732. The number of nitro benzene ring substituents is 1. The van der Waals surface area contributed by atoms with E-state index in [1.807, 2.05) is 18.2 Å². The van der Waals surface area contributed by atoms with Gasteiger partial charge in [-0.2, -0.15) is 0 Å². The molecule has 2 N–H and O–H groups in total. The highest BCUT2D eigenvalue weighted by atomic mass is 16.7. The van der Waals surface area contributed by atoms with Gasteiger partial charge in [-0.25, -0.2) is 0 Å². The van der Waals surface area contributed by atoms with Crippen molar-refractivity contribution >= 4 is 17.3 Å². The Morgan fingerprint density at radius 2 is 1.94 bits per heavy atom. The first-order chi connectivity index (χ1) is 15.9. The third-order valence-electron chi connectivity index (χ3n) is 7.12. The summed E-state index contributed by atoms with van der Waals surface area (Å²) < 4.78 is 11.0. The fraction of sp³-hybridized carbons (Fsp3) is 0.458. The molecule has 2 aromatic rings. The van der Waals surface area contributed by atoms with Gasteiger partial charge in [0.05, 0.1) is 17.1 Å². The fourth-order valence-electron chi connectivity index (χ4n) is 5.51. The van der Waals surface area contributed by atoms with Gasteiger partial charge in [-0.1, -0.05) is 18.9 Å². The summed E-state index contributed by atoms with van der Waals surface area (Å²) in [5.74, 6) is 1.21. The number of rotatable bonds is 5. The van der Waals surface area contributed by atoms with E-state index in [-0.39, 0.29) is 36.9 Å². The highest BCUT2D eigenvalue weighted by Crippen LogP contribution is 2.50. The Morgan fingerprint density at radius 1 is 1.15 bits per heavy atom. The third-order valence-corrected chi connectivity index (χ3v) is 7.12. The number of nitrogens with zero attached hydrogens (tertiary/aromatic N) is 2. The van der Waals surface area contributed by atoms with E-state index in [0.717, 1.165) is 31.2 Å². The molecule has 3 aliphatic rings. The van der Waals surface area contributed by atoms with Crippen LogP contribution >= 0.6 is 0 Å². The van der Waals surface area contributed by atoms with Gasteiger partial charge in [-0.3, -0.25) is 19.8 Å². The number of fused-ring (bicyclic) bond motifs is 2. The normalized spacial score (nSPS) is 26.5. The fourth-order valence-corrected chi connectivity index (χ4v) is 5.51. The number of nitrogens with one attached hydrogen (secondary N) is 1. The van der Waals surface area contributed by atoms with E-state index in [2.05, 4.69) is 10.2 Å². The number of hydrogen-bond donors (Lipinski definition) is 2. The van der Waals surface area contributed by atoms with Crippen molar-refractivity contribution < 1.29 is 24.3 Å². The molecule has 9 heteroatoms. The average Bonchev–Trinajstić information content (AvgIpc) is 3.27. The van der Waals surface area contributed by atoms with Crippen LogP contribution in [-0.4, -0.2) is 46.3 Å². The molecular weight excluding hydrogens is 426 g/mol. The molecule has 2 heterocycles. The largest absolute Gasteiger partial charge is 0.454 e. The molecule has 0 bridgehead atoms. The molecule has 2 aliphatic heterocycles. The number of carbonyl (C=O) groups is 1. The lowest BCUT2D eigenvalue weighted by atomic mass is 9.66. The van der Waals surface area contributed by atoms with E-state index in [0.29, 0.717) is 30.2 Å². The topological polar surface area (TPSA) is 114 Å². The molecule has 0 radical (unpaired) electrons. The molecule has 0 spiro atoms. The maximum absolute atomic E-state index is 12.9. The van der Waals surface area contributed by atoms with Crippen molar-refractivity contribution in [2.75, 3.05) is 25.2 Å². The highest BCUT2D eigenvalue weighted by molar-refractivity contribution is 5.92. The summed E-state index contributed by atoms with van der Waals surface area (Å²) in [5, 5.41) is 25.1. The van der Waals surface area contributed by atoms with E-state index in [9.17, 15) is 20.0 Å². The van der Waals surface area contributed by atoms with Crippen molar-refractivity contribution in [3.63, 3.8) is 0 Å². The van der Waals surface area contributed by atoms with Crippen LogP contribution in [0.3, 0.4) is 0 Å². The van der Waals surface area contributed by atoms with Crippen LogP contribution in [0.1, 0.15) is 43.7 Å². The molecule has 2 aromatic carbocycles. The maximum Gasteiger partial charge on any atom is 0.269 e. The lowest BCUT2D eigenvalue weighted by molar-refractivity contribution is -0.384. The van der Waals surface area contributed by atoms with Crippen molar-refractivity contribution in [1.82, 2.24) is 4.90 Å². The number of nitro groups is 1. The smallest absolute Gasteiger partial charge is 0.269 e. The molecule has 1 saturated heterocycles. The maximum atomic E-state index is 12.9. The Bertz CT molecular complexity index is 1060. The first kappa shape index (κ1) is 21.7. The Labute approximate surface area is 191 Å². The number of amides is 1. The number of likely N-dealkylation sites (tertiary alicyclic amines) is 1. The average molecular weight is 453 g/mol. The molecule has 1 aliphatic carbocycles. The van der Waals surface area contributed by atoms with Gasteiger partial charge in [-0.05, 0) is 49.1 Å². The molecule has 5 rings (SSSR count). The summed E-state index contributed by atoms with van der Waals surface area (Å²) in [6.07, 6.45) is 4.37. The van der Waals surface area contributed by atoms with Crippen molar-refractivity contribution in [2.24, 2.45) is 5.92 Å². The van der Waals surface area contributed by atoms with Crippen molar-refractivity contribution in [1.29, 1.82) is 0 Å². The number of ether oxygens (including phenoxy) is 2. The molecule has 0 aromatic heterocycles. The van der Waals surface area contributed by atoms with E-state index in [4.69, 9.17) is 9.47 Å². The Hall–Kier alpha value is -3.17. The van der Waals surface area contributed by atoms with Gasteiger partial charge in [0, 0.05) is 36.3 Å². The van der Waals surface area contributed by atoms with Crippen LogP contribution in [0.15, 0.2) is 42.5 Å². The molecule has 1 amide bonds. The molecule has 0 unspecified atom stereocenters. The van der Waals surface area contributed by atoms with Crippen molar-refractivity contribution in [3.05, 3.63) is 58.1 Å². The molecule has 174 valence electrons. The van der Waals surface area contributed by atoms with Crippen molar-refractivity contribution in [2.45, 2.75) is 43.7 Å². The van der Waals surface area contributed by atoms with Gasteiger partial charge < -0.3 is 19.9 Å². The quantitative estimate of drug-likeness (QED) is 0.525. The van der Waals surface area contributed by atoms with Crippen molar-refractivity contribution in [3.8, 4) is 11.5 Å². The van der Waals surface area contributed by atoms with Gasteiger partial charge in [0.25, 0.3) is 5.69 Å². The van der Waals surface area contributed by atoms with Gasteiger partial charge in [-0.15, -0.1) is 0 Å². The predicted molar refractivity (Wildman–Crippen MR) is 120 cm³/mol. The van der Waals surface area contributed by atoms with E-state index < -0.39 is 10.5 Å². The van der Waals surface area contributed by atoms with Gasteiger partial charge in [0.1, 0.15) is 0 Å². The SMILES string of the molecule is O=C(CN1CC[C@]2(O)CCCC[C@@H]2[C@@H]1c1ccc2c(c1)OCO2)Nc1ccc([N+](=O)[O-])cc1. The summed E-state index contributed by atoms with van der Waals surface area (Å²) in [6, 6.07) is 11.5. The van der Waals surface area contributed by atoms with Crippen LogP contribution in [0.5, 0.6) is 11.5 Å². The van der Waals surface area contributed by atoms with Gasteiger partial charge in [0.2, 0.25) is 12.7 Å². The second-order valence-electron chi connectivity index (χ2n) is 9.09. The zero-order valence-electron chi connectivity index (χ0n) is 18.2. The number of carbonyl (C=O) groups excluding carboxylic acids is 1. The zero-order valence-corrected chi connectivity index (χ0v) is 18.2. The van der Waals surface area contributed by atoms with Crippen LogP contribution in [0, 0.1) is 16.0 Å². The number of aliphatic hydroxyl groups is 1. The summed E-state index contributed by atoms with van der Waals surface area (Å²) >= 11 is 0. The van der Waals surface area contributed by atoms with Gasteiger partial charge >= 0.3 is 0 Å². The molecule has 9 nitrogen and oxygen atoms in total. The number of non-ortho nitro benzene ring substituents is 1. The zero-order chi connectivity index (χ0) is 23.0. The number of anilines is 1. The Kier molecular flexibility index (Phi) is 5.67. The molecule has 3 atom stereocenters. The first-order valence-electron chi connectivity index (χ1n) is 11.3. The third kappa shape index (κ3) is 4.26. The molecule has 1 saturated carbocycles. The molecular formula is C24H27N3O6. The Balaban J connectivity index is 1.37. The standard InChI is InChI=1S/C24H27N3O6/c28-22(25-17-5-7-18(8-6-17)27(30)31)14-26-12-11-24(29)10-2-1-3-19(24)23(26)16-4-9-20-21(13-16)33-15-32-20/h4-9,13,19,23,29H,1-3,10-12,14-15H2,(H,25,28)/t19-,23+,24-/m1/s1. The number of piperidine rings is 1. The minimum Gasteiger partial charge on any atom is -0.454 e. The van der Waals surface area contributed by atoms with Crippen LogP contribution in [0.25, 0.3) is 0 Å². The first-order valence-corrected chi connectivity index (χ1v) is 11.3. The van der Waals surface area contributed by atoms with E-state index in [1.54, 1.807) is 0 Å².